The van der Waals surface area contributed by atoms with Crippen LogP contribution < -0.4 is 10.5 Å². The Morgan fingerprint density at radius 2 is 1.89 bits per heavy atom. The maximum atomic E-state index is 12.3. The summed E-state index contributed by atoms with van der Waals surface area (Å²) in [7, 11) is 0. The lowest BCUT2D eigenvalue weighted by atomic mass is 10.1. The van der Waals surface area contributed by atoms with Crippen LogP contribution in [-0.2, 0) is 0 Å². The number of nitrogen functional groups attached to an aromatic ring is 1. The molecule has 2 N–H and O–H groups in total. The molecule has 0 aliphatic heterocycles. The van der Waals surface area contributed by atoms with Crippen LogP contribution in [0, 0.1) is 0 Å². The van der Waals surface area contributed by atoms with Crippen molar-refractivity contribution in [2.45, 2.75) is 6.36 Å². The van der Waals surface area contributed by atoms with Crippen LogP contribution in [0.3, 0.4) is 0 Å². The van der Waals surface area contributed by atoms with E-state index >= 15 is 0 Å². The third-order valence-corrected chi connectivity index (χ3v) is 2.38. The van der Waals surface area contributed by atoms with E-state index in [-0.39, 0.29) is 22.2 Å². The summed E-state index contributed by atoms with van der Waals surface area (Å²) >= 11 is 5.82. The van der Waals surface area contributed by atoms with Crippen LogP contribution in [0.5, 0.6) is 5.75 Å². The van der Waals surface area contributed by atoms with Gasteiger partial charge in [-0.25, -0.2) is 9.97 Å². The van der Waals surface area contributed by atoms with E-state index in [1.165, 1.54) is 24.4 Å². The Morgan fingerprint density at radius 1 is 1.21 bits per heavy atom. The van der Waals surface area contributed by atoms with Crippen molar-refractivity contribution in [2.75, 3.05) is 5.73 Å². The molecule has 100 valence electrons. The molecule has 0 amide bonds. The number of rotatable bonds is 2. The number of benzene rings is 1. The third-order valence-electron chi connectivity index (χ3n) is 2.12. The molecule has 0 aliphatic carbocycles. The number of aromatic nitrogens is 2. The van der Waals surface area contributed by atoms with E-state index in [1.807, 2.05) is 0 Å². The highest BCUT2D eigenvalue weighted by Gasteiger charge is 2.32. The Bertz CT molecular complexity index is 604. The largest absolute Gasteiger partial charge is 0.573 e. The minimum absolute atomic E-state index is 0.0655. The lowest BCUT2D eigenvalue weighted by Gasteiger charge is -2.13. The first-order valence-corrected chi connectivity index (χ1v) is 5.38. The second-order valence-corrected chi connectivity index (χ2v) is 3.84. The topological polar surface area (TPSA) is 61.0 Å². The normalized spacial score (nSPS) is 11.4. The Kier molecular flexibility index (Phi) is 3.48. The van der Waals surface area contributed by atoms with Crippen molar-refractivity contribution in [1.82, 2.24) is 9.97 Å². The van der Waals surface area contributed by atoms with Crippen molar-refractivity contribution in [1.29, 1.82) is 0 Å². The molecule has 0 aliphatic rings. The van der Waals surface area contributed by atoms with E-state index in [0.717, 1.165) is 6.07 Å². The summed E-state index contributed by atoms with van der Waals surface area (Å²) < 4.78 is 40.8. The van der Waals surface area contributed by atoms with Gasteiger partial charge >= 0.3 is 6.36 Å². The van der Waals surface area contributed by atoms with E-state index in [0.29, 0.717) is 0 Å². The standard InChI is InChI=1S/C11H7ClF3N3O/c12-10-9(17-5-8(16)18-10)6-3-1-2-4-7(6)19-11(13,14)15/h1-5H,(H2,16,18). The van der Waals surface area contributed by atoms with Gasteiger partial charge in [0.25, 0.3) is 0 Å². The molecular weight excluding hydrogens is 283 g/mol. The number of alkyl halides is 3. The highest BCUT2D eigenvalue weighted by molar-refractivity contribution is 6.32. The molecule has 0 spiro atoms. The van der Waals surface area contributed by atoms with Gasteiger partial charge in [0.2, 0.25) is 0 Å². The molecule has 0 saturated carbocycles. The highest BCUT2D eigenvalue weighted by Crippen LogP contribution is 2.35. The minimum Gasteiger partial charge on any atom is -0.405 e. The number of nitrogens with zero attached hydrogens (tertiary/aromatic N) is 2. The summed E-state index contributed by atoms with van der Waals surface area (Å²) in [6, 6.07) is 5.50. The molecule has 19 heavy (non-hydrogen) atoms. The van der Waals surface area contributed by atoms with Gasteiger partial charge in [0, 0.05) is 5.56 Å². The van der Waals surface area contributed by atoms with E-state index in [9.17, 15) is 13.2 Å². The molecule has 0 saturated heterocycles. The van der Waals surface area contributed by atoms with E-state index in [1.54, 1.807) is 0 Å². The number of halogens is 4. The maximum Gasteiger partial charge on any atom is 0.573 e. The summed E-state index contributed by atoms with van der Waals surface area (Å²) in [5.41, 5.74) is 5.52. The summed E-state index contributed by atoms with van der Waals surface area (Å²) in [4.78, 5) is 7.60. The van der Waals surface area contributed by atoms with Gasteiger partial charge in [-0.1, -0.05) is 23.7 Å². The van der Waals surface area contributed by atoms with Gasteiger partial charge in [0.05, 0.1) is 6.20 Å². The second kappa shape index (κ2) is 4.93. The van der Waals surface area contributed by atoms with Crippen molar-refractivity contribution in [3.8, 4) is 17.0 Å². The molecule has 8 heteroatoms. The predicted octanol–water partition coefficient (Wildman–Crippen LogP) is 3.28. The van der Waals surface area contributed by atoms with Crippen LogP contribution in [0.25, 0.3) is 11.3 Å². The fourth-order valence-corrected chi connectivity index (χ4v) is 1.68. The zero-order valence-corrected chi connectivity index (χ0v) is 10.0. The van der Waals surface area contributed by atoms with Gasteiger partial charge in [-0.05, 0) is 12.1 Å². The zero-order chi connectivity index (χ0) is 14.0. The number of ether oxygens (including phenoxy) is 1. The van der Waals surface area contributed by atoms with Crippen molar-refractivity contribution < 1.29 is 17.9 Å². The van der Waals surface area contributed by atoms with Gasteiger partial charge < -0.3 is 10.5 Å². The van der Waals surface area contributed by atoms with Gasteiger partial charge in [-0.2, -0.15) is 0 Å². The average molecular weight is 290 g/mol. The second-order valence-electron chi connectivity index (χ2n) is 3.48. The quantitative estimate of drug-likeness (QED) is 0.921. The maximum absolute atomic E-state index is 12.3. The molecule has 0 unspecified atom stereocenters. The number of anilines is 1. The summed E-state index contributed by atoms with van der Waals surface area (Å²) in [5, 5.41) is -0.0989. The predicted molar refractivity (Wildman–Crippen MR) is 63.6 cm³/mol. The molecule has 0 radical (unpaired) electrons. The van der Waals surface area contributed by atoms with E-state index in [4.69, 9.17) is 17.3 Å². The molecule has 1 aromatic heterocycles. The number of para-hydroxylation sites is 1. The van der Waals surface area contributed by atoms with Crippen molar-refractivity contribution in [2.24, 2.45) is 0 Å². The highest BCUT2D eigenvalue weighted by atomic mass is 35.5. The third kappa shape index (κ3) is 3.25. The number of nitrogens with two attached hydrogens (primary N) is 1. The van der Waals surface area contributed by atoms with E-state index in [2.05, 4.69) is 14.7 Å². The van der Waals surface area contributed by atoms with Crippen LogP contribution in [0.2, 0.25) is 5.15 Å². The fourth-order valence-electron chi connectivity index (χ4n) is 1.44. The van der Waals surface area contributed by atoms with Gasteiger partial charge in [0.15, 0.2) is 5.15 Å². The summed E-state index contributed by atoms with van der Waals surface area (Å²) in [6.45, 7) is 0. The lowest BCUT2D eigenvalue weighted by Crippen LogP contribution is -2.17. The van der Waals surface area contributed by atoms with Crippen LogP contribution in [0.15, 0.2) is 30.5 Å². The first kappa shape index (κ1) is 13.4. The molecule has 1 heterocycles. The molecule has 0 atom stereocenters. The van der Waals surface area contributed by atoms with Crippen LogP contribution >= 0.6 is 11.6 Å². The van der Waals surface area contributed by atoms with Crippen LogP contribution in [0.1, 0.15) is 0 Å². The van der Waals surface area contributed by atoms with Gasteiger partial charge in [-0.15, -0.1) is 13.2 Å². The first-order valence-electron chi connectivity index (χ1n) is 5.00. The van der Waals surface area contributed by atoms with Crippen molar-refractivity contribution in [3.05, 3.63) is 35.6 Å². The molecular formula is C11H7ClF3N3O. The molecule has 1 aromatic carbocycles. The fraction of sp³-hybridized carbons (Fsp3) is 0.0909. The molecule has 2 aromatic rings. The average Bonchev–Trinajstić information content (AvgIpc) is 2.28. The summed E-state index contributed by atoms with van der Waals surface area (Å²) in [5.74, 6) is -0.334. The molecule has 4 nitrogen and oxygen atoms in total. The number of hydrogen-bond acceptors (Lipinski definition) is 4. The Hall–Kier alpha value is -2.02. The molecule has 0 fully saturated rings. The minimum atomic E-state index is -4.80. The van der Waals surface area contributed by atoms with Crippen LogP contribution in [-0.4, -0.2) is 16.3 Å². The van der Waals surface area contributed by atoms with Crippen molar-refractivity contribution in [3.63, 3.8) is 0 Å². The monoisotopic (exact) mass is 289 g/mol. The first-order chi connectivity index (χ1) is 8.87. The Morgan fingerprint density at radius 3 is 2.53 bits per heavy atom. The van der Waals surface area contributed by atoms with Gasteiger partial charge in [0.1, 0.15) is 17.3 Å². The Balaban J connectivity index is 2.50. The SMILES string of the molecule is Nc1cnc(-c2ccccc2OC(F)(F)F)c(Cl)n1. The molecule has 2 rings (SSSR count). The smallest absolute Gasteiger partial charge is 0.405 e. The number of hydrogen-bond donors (Lipinski definition) is 1. The van der Waals surface area contributed by atoms with E-state index < -0.39 is 12.1 Å². The Labute approximate surface area is 111 Å². The molecule has 0 bridgehead atoms. The van der Waals surface area contributed by atoms with Gasteiger partial charge in [-0.3, -0.25) is 0 Å². The van der Waals surface area contributed by atoms with Crippen molar-refractivity contribution >= 4 is 17.4 Å². The lowest BCUT2D eigenvalue weighted by molar-refractivity contribution is -0.274. The zero-order valence-electron chi connectivity index (χ0n) is 9.28. The van der Waals surface area contributed by atoms with Crippen LogP contribution in [0.4, 0.5) is 19.0 Å². The summed E-state index contributed by atoms with van der Waals surface area (Å²) in [6.07, 6.45) is -3.60.